The average molecular weight is 422 g/mol. The summed E-state index contributed by atoms with van der Waals surface area (Å²) in [6.07, 6.45) is -4.59. The van der Waals surface area contributed by atoms with Gasteiger partial charge in [-0.2, -0.15) is 13.2 Å². The number of rotatable bonds is 7. The molecule has 0 bridgehead atoms. The van der Waals surface area contributed by atoms with Crippen molar-refractivity contribution in [2.75, 3.05) is 24.2 Å². The molecule has 3 N–H and O–H groups in total. The average Bonchev–Trinajstić information content (AvgIpc) is 2.66. The quantitative estimate of drug-likeness (QED) is 0.600. The first kappa shape index (κ1) is 23.1. The molecule has 160 valence electrons. The summed E-state index contributed by atoms with van der Waals surface area (Å²) in [4.78, 5) is 36.6. The van der Waals surface area contributed by atoms with E-state index in [4.69, 9.17) is 0 Å². The van der Waals surface area contributed by atoms with E-state index < -0.39 is 29.6 Å². The Hall–Kier alpha value is -3.20. The van der Waals surface area contributed by atoms with Crippen molar-refractivity contribution in [3.05, 3.63) is 59.7 Å². The highest BCUT2D eigenvalue weighted by atomic mass is 19.4. The largest absolute Gasteiger partial charge is 0.418 e. The number of quaternary nitrogens is 1. The number of nitrogens with one attached hydrogen (secondary N) is 3. The highest BCUT2D eigenvalue weighted by Gasteiger charge is 2.34. The molecule has 0 aliphatic rings. The minimum Gasteiger partial charge on any atom is -0.321 e. The van der Waals surface area contributed by atoms with Gasteiger partial charge in [-0.3, -0.25) is 14.4 Å². The molecule has 30 heavy (non-hydrogen) atoms. The van der Waals surface area contributed by atoms with Crippen LogP contribution in [0.15, 0.2) is 48.5 Å². The number of likely N-dealkylation sites (N-methyl/N-ethyl adjacent to an activating group) is 1. The number of para-hydroxylation sites is 1. The lowest BCUT2D eigenvalue weighted by atomic mass is 10.1. The zero-order valence-electron chi connectivity index (χ0n) is 16.8. The number of ketones is 1. The Balaban J connectivity index is 1.99. The second-order valence-electron chi connectivity index (χ2n) is 6.96. The van der Waals surface area contributed by atoms with Crippen molar-refractivity contribution in [3.63, 3.8) is 0 Å². The number of carbonyl (C=O) groups excluding carboxylic acids is 3. The first-order chi connectivity index (χ1) is 14.0. The molecule has 6 nitrogen and oxygen atoms in total. The molecule has 0 heterocycles. The van der Waals surface area contributed by atoms with Crippen LogP contribution in [0.3, 0.4) is 0 Å². The topological polar surface area (TPSA) is 79.7 Å². The number of anilines is 2. The lowest BCUT2D eigenvalue weighted by molar-refractivity contribution is -0.885. The number of benzene rings is 2. The van der Waals surface area contributed by atoms with Gasteiger partial charge in [0, 0.05) is 11.3 Å². The van der Waals surface area contributed by atoms with Gasteiger partial charge in [0.15, 0.2) is 18.4 Å². The van der Waals surface area contributed by atoms with E-state index in [9.17, 15) is 27.6 Å². The minimum atomic E-state index is -4.59. The van der Waals surface area contributed by atoms with Gasteiger partial charge in [-0.25, -0.2) is 0 Å². The third kappa shape index (κ3) is 6.15. The number of hydrogen-bond donors (Lipinski definition) is 3. The predicted octanol–water partition coefficient (Wildman–Crippen LogP) is 2.39. The van der Waals surface area contributed by atoms with Gasteiger partial charge in [0.25, 0.3) is 11.8 Å². The molecule has 2 aromatic carbocycles. The summed E-state index contributed by atoms with van der Waals surface area (Å²) >= 11 is 0. The van der Waals surface area contributed by atoms with Crippen molar-refractivity contribution in [2.24, 2.45) is 0 Å². The molecule has 0 aliphatic heterocycles. The Bertz CT molecular complexity index is 944. The molecule has 0 aliphatic carbocycles. The fourth-order valence-electron chi connectivity index (χ4n) is 2.73. The molecule has 0 saturated heterocycles. The molecule has 0 spiro atoms. The van der Waals surface area contributed by atoms with Crippen LogP contribution in [0.4, 0.5) is 24.5 Å². The third-order valence-electron chi connectivity index (χ3n) is 4.62. The highest BCUT2D eigenvalue weighted by molar-refractivity contribution is 5.98. The van der Waals surface area contributed by atoms with Crippen LogP contribution >= 0.6 is 0 Å². The van der Waals surface area contributed by atoms with Crippen LogP contribution in [0, 0.1) is 0 Å². The maximum Gasteiger partial charge on any atom is 0.418 e. The first-order valence-corrected chi connectivity index (χ1v) is 9.19. The highest BCUT2D eigenvalue weighted by Crippen LogP contribution is 2.34. The lowest BCUT2D eigenvalue weighted by Gasteiger charge is -2.21. The minimum absolute atomic E-state index is 0.141. The fourth-order valence-corrected chi connectivity index (χ4v) is 2.73. The molecule has 1 unspecified atom stereocenters. The van der Waals surface area contributed by atoms with Gasteiger partial charge in [0.05, 0.1) is 18.3 Å². The Morgan fingerprint density at radius 2 is 1.70 bits per heavy atom. The Kier molecular flexibility index (Phi) is 7.33. The standard InChI is InChI=1S/C21H22F3N3O3/c1-13(20(30)25-16-8-6-7-15(11-16)14(2)28)27(3)12-19(29)26-18-10-5-4-9-17(18)21(22,23)24/h4-11,13H,12H2,1-3H3,(H,25,30)(H,26,29)/p+1/t13-/m1/s1. The Morgan fingerprint density at radius 1 is 1.03 bits per heavy atom. The van der Waals surface area contributed by atoms with Crippen molar-refractivity contribution < 1.29 is 32.5 Å². The summed E-state index contributed by atoms with van der Waals surface area (Å²) in [5.41, 5.74) is -0.382. The zero-order valence-corrected chi connectivity index (χ0v) is 16.8. The van der Waals surface area contributed by atoms with Gasteiger partial charge in [0.2, 0.25) is 0 Å². The molecule has 0 radical (unpaired) electrons. The van der Waals surface area contributed by atoms with E-state index in [2.05, 4.69) is 10.6 Å². The summed E-state index contributed by atoms with van der Waals surface area (Å²) in [6.45, 7) is 2.79. The number of alkyl halides is 3. The summed E-state index contributed by atoms with van der Waals surface area (Å²) in [5.74, 6) is -1.18. The SMILES string of the molecule is CC(=O)c1cccc(NC(=O)[C@@H](C)[NH+](C)CC(=O)Nc2ccccc2C(F)(F)F)c1. The molecular weight excluding hydrogens is 399 g/mol. The van der Waals surface area contributed by atoms with E-state index in [1.54, 1.807) is 38.2 Å². The molecule has 0 fully saturated rings. The van der Waals surface area contributed by atoms with Crippen LogP contribution < -0.4 is 15.5 Å². The lowest BCUT2D eigenvalue weighted by Crippen LogP contribution is -3.14. The van der Waals surface area contributed by atoms with Crippen molar-refractivity contribution in [1.82, 2.24) is 0 Å². The van der Waals surface area contributed by atoms with Gasteiger partial charge in [-0.15, -0.1) is 0 Å². The van der Waals surface area contributed by atoms with Gasteiger partial charge >= 0.3 is 6.18 Å². The molecule has 9 heteroatoms. The number of halogens is 3. The molecule has 0 aromatic heterocycles. The molecular formula is C21H23F3N3O3+. The Labute approximate surface area is 172 Å². The summed E-state index contributed by atoms with van der Waals surface area (Å²) in [5, 5.41) is 4.94. The van der Waals surface area contributed by atoms with Crippen LogP contribution in [0.5, 0.6) is 0 Å². The van der Waals surface area contributed by atoms with E-state index in [1.807, 2.05) is 0 Å². The van der Waals surface area contributed by atoms with Gasteiger partial charge in [0.1, 0.15) is 0 Å². The number of hydrogen-bond acceptors (Lipinski definition) is 3. The van der Waals surface area contributed by atoms with Crippen molar-refractivity contribution in [1.29, 1.82) is 0 Å². The van der Waals surface area contributed by atoms with Crippen LogP contribution in [-0.2, 0) is 15.8 Å². The van der Waals surface area contributed by atoms with Gasteiger partial charge in [-0.1, -0.05) is 24.3 Å². The second-order valence-corrected chi connectivity index (χ2v) is 6.96. The molecule has 2 amide bonds. The number of Topliss-reactive ketones (excluding diaryl/α,β-unsaturated/α-hetero) is 1. The monoisotopic (exact) mass is 422 g/mol. The van der Waals surface area contributed by atoms with Gasteiger partial charge in [-0.05, 0) is 38.1 Å². The normalized spacial score (nSPS) is 13.3. The third-order valence-corrected chi connectivity index (χ3v) is 4.62. The molecule has 2 atom stereocenters. The molecule has 0 saturated carbocycles. The maximum absolute atomic E-state index is 13.1. The van der Waals surface area contributed by atoms with E-state index in [1.165, 1.54) is 25.1 Å². The summed E-state index contributed by atoms with van der Waals surface area (Å²) in [6, 6.07) is 10.5. The zero-order chi connectivity index (χ0) is 22.5. The van der Waals surface area contributed by atoms with E-state index in [0.717, 1.165) is 6.07 Å². The van der Waals surface area contributed by atoms with E-state index in [-0.39, 0.29) is 18.0 Å². The van der Waals surface area contributed by atoms with Crippen molar-refractivity contribution >= 4 is 29.0 Å². The second kappa shape index (κ2) is 9.53. The van der Waals surface area contributed by atoms with Crippen LogP contribution in [0.25, 0.3) is 0 Å². The fraction of sp³-hybridized carbons (Fsp3) is 0.286. The Morgan fingerprint density at radius 3 is 2.33 bits per heavy atom. The molecule has 2 rings (SSSR count). The van der Waals surface area contributed by atoms with Crippen molar-refractivity contribution in [3.8, 4) is 0 Å². The predicted molar refractivity (Wildman–Crippen MR) is 106 cm³/mol. The number of carbonyl (C=O) groups is 3. The van der Waals surface area contributed by atoms with E-state index >= 15 is 0 Å². The van der Waals surface area contributed by atoms with E-state index in [0.29, 0.717) is 16.2 Å². The first-order valence-electron chi connectivity index (χ1n) is 9.19. The van der Waals surface area contributed by atoms with Crippen molar-refractivity contribution in [2.45, 2.75) is 26.1 Å². The van der Waals surface area contributed by atoms with Crippen LogP contribution in [0.2, 0.25) is 0 Å². The summed E-state index contributed by atoms with van der Waals surface area (Å²) < 4.78 is 39.2. The van der Waals surface area contributed by atoms with Gasteiger partial charge < -0.3 is 15.5 Å². The molecule has 2 aromatic rings. The summed E-state index contributed by atoms with van der Waals surface area (Å²) in [7, 11) is 1.59. The smallest absolute Gasteiger partial charge is 0.321 e. The maximum atomic E-state index is 13.1. The van der Waals surface area contributed by atoms with Crippen LogP contribution in [0.1, 0.15) is 29.8 Å². The van der Waals surface area contributed by atoms with Crippen LogP contribution in [-0.4, -0.2) is 37.2 Å². The number of amides is 2.